The SMILES string of the molecule is CSC(=S)OC1CCC[C@]23[C@H](C=C[C@@H]4OC(C)(C)O[C@@H]42)C13C. The number of ether oxygens (including phenoxy) is 3. The van der Waals surface area contributed by atoms with Gasteiger partial charge in [-0.1, -0.05) is 30.8 Å². The highest BCUT2D eigenvalue weighted by molar-refractivity contribution is 8.22. The normalized spacial score (nSPS) is 50.7. The lowest BCUT2D eigenvalue weighted by molar-refractivity contribution is -0.154. The maximum atomic E-state index is 6.34. The molecule has 5 heteroatoms. The molecule has 22 heavy (non-hydrogen) atoms. The zero-order valence-corrected chi connectivity index (χ0v) is 15.3. The first-order valence-electron chi connectivity index (χ1n) is 8.14. The second-order valence-electron chi connectivity index (χ2n) is 7.66. The predicted molar refractivity (Wildman–Crippen MR) is 91.8 cm³/mol. The van der Waals surface area contributed by atoms with E-state index in [0.717, 1.165) is 6.42 Å². The lowest BCUT2D eigenvalue weighted by atomic mass is 9.73. The first-order chi connectivity index (χ1) is 10.3. The molecule has 0 N–H and O–H groups in total. The highest BCUT2D eigenvalue weighted by Crippen LogP contribution is 2.80. The Hall–Kier alpha value is -0.100. The van der Waals surface area contributed by atoms with Gasteiger partial charge in [-0.3, -0.25) is 0 Å². The maximum Gasteiger partial charge on any atom is 0.219 e. The summed E-state index contributed by atoms with van der Waals surface area (Å²) in [6, 6.07) is 0. The van der Waals surface area contributed by atoms with Crippen LogP contribution in [0.2, 0.25) is 0 Å². The van der Waals surface area contributed by atoms with E-state index in [1.165, 1.54) is 24.6 Å². The molecule has 3 nitrogen and oxygen atoms in total. The molecule has 0 radical (unpaired) electrons. The molecule has 1 aliphatic heterocycles. The van der Waals surface area contributed by atoms with Crippen molar-refractivity contribution in [3.8, 4) is 0 Å². The van der Waals surface area contributed by atoms with Gasteiger partial charge in [0.1, 0.15) is 12.2 Å². The topological polar surface area (TPSA) is 27.7 Å². The lowest BCUT2D eigenvalue weighted by Gasteiger charge is -2.38. The first kappa shape index (κ1) is 15.4. The third kappa shape index (κ3) is 1.80. The molecule has 0 aromatic heterocycles. The van der Waals surface area contributed by atoms with Crippen LogP contribution in [0.5, 0.6) is 0 Å². The van der Waals surface area contributed by atoms with Crippen molar-refractivity contribution in [3.05, 3.63) is 12.2 Å². The van der Waals surface area contributed by atoms with Crippen molar-refractivity contribution in [1.29, 1.82) is 0 Å². The first-order valence-corrected chi connectivity index (χ1v) is 9.77. The summed E-state index contributed by atoms with van der Waals surface area (Å²) < 4.78 is 19.3. The van der Waals surface area contributed by atoms with Crippen LogP contribution in [-0.2, 0) is 14.2 Å². The van der Waals surface area contributed by atoms with E-state index in [-0.39, 0.29) is 29.1 Å². The van der Waals surface area contributed by atoms with Crippen LogP contribution in [0, 0.1) is 16.7 Å². The van der Waals surface area contributed by atoms with Crippen molar-refractivity contribution in [2.75, 3.05) is 6.26 Å². The second-order valence-corrected chi connectivity index (χ2v) is 9.07. The zero-order valence-electron chi connectivity index (χ0n) is 13.6. The minimum absolute atomic E-state index is 0.0827. The van der Waals surface area contributed by atoms with E-state index in [9.17, 15) is 0 Å². The number of hydrogen-bond acceptors (Lipinski definition) is 5. The van der Waals surface area contributed by atoms with Gasteiger partial charge in [0.2, 0.25) is 4.38 Å². The van der Waals surface area contributed by atoms with E-state index < -0.39 is 5.79 Å². The maximum absolute atomic E-state index is 6.34. The van der Waals surface area contributed by atoms with Crippen molar-refractivity contribution in [1.82, 2.24) is 0 Å². The molecule has 6 atom stereocenters. The fraction of sp³-hybridized carbons (Fsp3) is 0.824. The molecule has 4 aliphatic rings. The molecule has 1 spiro atoms. The van der Waals surface area contributed by atoms with Crippen molar-refractivity contribution >= 4 is 28.4 Å². The van der Waals surface area contributed by atoms with Crippen LogP contribution >= 0.6 is 24.0 Å². The van der Waals surface area contributed by atoms with Crippen molar-refractivity contribution in [2.24, 2.45) is 16.7 Å². The lowest BCUT2D eigenvalue weighted by Crippen LogP contribution is -2.43. The Kier molecular flexibility index (Phi) is 3.31. The highest BCUT2D eigenvalue weighted by Gasteiger charge is 2.82. The van der Waals surface area contributed by atoms with Gasteiger partial charge in [0, 0.05) is 10.8 Å². The fourth-order valence-corrected chi connectivity index (χ4v) is 5.81. The minimum atomic E-state index is -0.491. The van der Waals surface area contributed by atoms with E-state index in [1.54, 1.807) is 0 Å². The van der Waals surface area contributed by atoms with Gasteiger partial charge < -0.3 is 14.2 Å². The average molecular weight is 341 g/mol. The summed E-state index contributed by atoms with van der Waals surface area (Å²) >= 11 is 6.84. The Labute approximate surface area is 142 Å². The van der Waals surface area contributed by atoms with E-state index in [4.69, 9.17) is 26.4 Å². The number of hydrogen-bond donors (Lipinski definition) is 0. The number of thioether (sulfide) groups is 1. The standard InChI is InChI=1S/C17H24O3S2/c1-15(2)19-10-7-8-11-16(3)12(18-14(21)22-4)6-5-9-17(11,16)13(10)20-15/h7-8,10-13H,5-6,9H2,1-4H3/t10-,11+,12?,13-,16?,17-/m0/s1. The Balaban J connectivity index is 1.67. The molecule has 2 unspecified atom stereocenters. The van der Waals surface area contributed by atoms with Crippen LogP contribution in [0.3, 0.4) is 0 Å². The van der Waals surface area contributed by atoms with Crippen LogP contribution in [0.4, 0.5) is 0 Å². The van der Waals surface area contributed by atoms with E-state index in [0.29, 0.717) is 10.3 Å². The molecule has 3 aliphatic carbocycles. The molecule has 0 aromatic carbocycles. The zero-order chi connectivity index (χ0) is 15.8. The molecular weight excluding hydrogens is 316 g/mol. The average Bonchev–Trinajstić information content (AvgIpc) is 2.87. The van der Waals surface area contributed by atoms with Crippen molar-refractivity contribution < 1.29 is 14.2 Å². The van der Waals surface area contributed by atoms with Crippen LogP contribution in [0.25, 0.3) is 0 Å². The van der Waals surface area contributed by atoms with E-state index in [2.05, 4.69) is 19.1 Å². The van der Waals surface area contributed by atoms with Crippen LogP contribution < -0.4 is 0 Å². The van der Waals surface area contributed by atoms with Gasteiger partial charge >= 0.3 is 0 Å². The summed E-state index contributed by atoms with van der Waals surface area (Å²) in [4.78, 5) is 0. The summed E-state index contributed by atoms with van der Waals surface area (Å²) in [5.74, 6) is 0.0331. The summed E-state index contributed by atoms with van der Waals surface area (Å²) in [5, 5.41) is 0. The molecule has 1 saturated heterocycles. The molecule has 0 amide bonds. The Morgan fingerprint density at radius 2 is 2.05 bits per heavy atom. The summed E-state index contributed by atoms with van der Waals surface area (Å²) in [7, 11) is 0. The minimum Gasteiger partial charge on any atom is -0.475 e. The summed E-state index contributed by atoms with van der Waals surface area (Å²) in [5.41, 5.74) is 0.280. The molecule has 1 heterocycles. The molecule has 122 valence electrons. The molecule has 0 bridgehead atoms. The van der Waals surface area contributed by atoms with Gasteiger partial charge in [0.05, 0.1) is 6.10 Å². The van der Waals surface area contributed by atoms with Crippen molar-refractivity contribution in [2.45, 2.75) is 64.1 Å². The van der Waals surface area contributed by atoms with Crippen LogP contribution in [0.1, 0.15) is 40.0 Å². The predicted octanol–water partition coefficient (Wildman–Crippen LogP) is 3.92. The van der Waals surface area contributed by atoms with Crippen LogP contribution in [0.15, 0.2) is 12.2 Å². The Morgan fingerprint density at radius 1 is 1.27 bits per heavy atom. The molecule has 0 aromatic rings. The number of rotatable bonds is 1. The highest BCUT2D eigenvalue weighted by atomic mass is 32.2. The van der Waals surface area contributed by atoms with Crippen LogP contribution in [-0.4, -0.2) is 34.7 Å². The Morgan fingerprint density at radius 3 is 2.77 bits per heavy atom. The molecule has 3 fully saturated rings. The quantitative estimate of drug-likeness (QED) is 0.533. The van der Waals surface area contributed by atoms with Gasteiger partial charge in [-0.05, 0) is 57.5 Å². The smallest absolute Gasteiger partial charge is 0.219 e. The summed E-state index contributed by atoms with van der Waals surface area (Å²) in [6.45, 7) is 6.40. The van der Waals surface area contributed by atoms with Gasteiger partial charge in [-0.25, -0.2) is 0 Å². The van der Waals surface area contributed by atoms with Gasteiger partial charge in [-0.2, -0.15) is 0 Å². The van der Waals surface area contributed by atoms with Gasteiger partial charge in [-0.15, -0.1) is 0 Å². The number of fused-ring (bicyclic) bond motifs is 2. The summed E-state index contributed by atoms with van der Waals surface area (Å²) in [6.07, 6.45) is 10.4. The third-order valence-electron chi connectivity index (χ3n) is 6.38. The number of allylic oxidation sites excluding steroid dienone is 1. The molecule has 2 saturated carbocycles. The van der Waals surface area contributed by atoms with Gasteiger partial charge in [0.15, 0.2) is 5.79 Å². The van der Waals surface area contributed by atoms with Crippen molar-refractivity contribution in [3.63, 3.8) is 0 Å². The monoisotopic (exact) mass is 340 g/mol. The molecule has 4 rings (SSSR count). The third-order valence-corrected chi connectivity index (χ3v) is 7.41. The fourth-order valence-electron chi connectivity index (χ4n) is 5.48. The van der Waals surface area contributed by atoms with E-state index in [1.807, 2.05) is 20.1 Å². The Bertz CT molecular complexity index is 546. The number of thiocarbonyl (C=S) groups is 1. The second kappa shape index (κ2) is 4.71. The van der Waals surface area contributed by atoms with Gasteiger partial charge in [0.25, 0.3) is 0 Å². The largest absolute Gasteiger partial charge is 0.475 e. The van der Waals surface area contributed by atoms with E-state index >= 15 is 0 Å². The molecular formula is C17H24O3S2.